The third-order valence-electron chi connectivity index (χ3n) is 4.11. The van der Waals surface area contributed by atoms with Crippen molar-refractivity contribution in [3.63, 3.8) is 0 Å². The Labute approximate surface area is 161 Å². The third kappa shape index (κ3) is 4.37. The quantitative estimate of drug-likeness (QED) is 0.660. The van der Waals surface area contributed by atoms with Crippen LogP contribution in [-0.2, 0) is 20.7 Å². The van der Waals surface area contributed by atoms with Gasteiger partial charge in [0.2, 0.25) is 0 Å². The SMILES string of the molecule is COc1ccccc1C(=O)NC(=O)COC(=O)Cc1coc2cc(C)ccc12. The second-order valence-electron chi connectivity index (χ2n) is 6.18. The lowest BCUT2D eigenvalue weighted by Gasteiger charge is -2.08. The maximum absolute atomic E-state index is 12.1. The monoisotopic (exact) mass is 381 g/mol. The minimum Gasteiger partial charge on any atom is -0.496 e. The van der Waals surface area contributed by atoms with Gasteiger partial charge >= 0.3 is 5.97 Å². The van der Waals surface area contributed by atoms with Crippen LogP contribution in [0, 0.1) is 6.92 Å². The highest BCUT2D eigenvalue weighted by molar-refractivity contribution is 6.06. The van der Waals surface area contributed by atoms with Crippen molar-refractivity contribution in [2.45, 2.75) is 13.3 Å². The van der Waals surface area contributed by atoms with Crippen LogP contribution in [-0.4, -0.2) is 31.5 Å². The molecule has 28 heavy (non-hydrogen) atoms. The molecule has 2 aromatic carbocycles. The Morgan fingerprint density at radius 2 is 1.89 bits per heavy atom. The minimum atomic E-state index is -0.725. The summed E-state index contributed by atoms with van der Waals surface area (Å²) in [5.41, 5.74) is 2.62. The van der Waals surface area contributed by atoms with Gasteiger partial charge in [0.25, 0.3) is 11.8 Å². The average Bonchev–Trinajstić information content (AvgIpc) is 3.07. The molecule has 3 rings (SSSR count). The molecule has 7 heteroatoms. The average molecular weight is 381 g/mol. The number of carbonyl (C=O) groups excluding carboxylic acids is 3. The Hall–Kier alpha value is -3.61. The minimum absolute atomic E-state index is 0.0379. The fraction of sp³-hybridized carbons (Fsp3) is 0.190. The number of aryl methyl sites for hydroxylation is 1. The summed E-state index contributed by atoms with van der Waals surface area (Å²) < 4.78 is 15.5. The maximum atomic E-state index is 12.1. The van der Waals surface area contributed by atoms with Crippen molar-refractivity contribution in [2.24, 2.45) is 0 Å². The van der Waals surface area contributed by atoms with Gasteiger partial charge in [-0.3, -0.25) is 19.7 Å². The molecule has 0 saturated carbocycles. The maximum Gasteiger partial charge on any atom is 0.310 e. The number of esters is 1. The van der Waals surface area contributed by atoms with Crippen molar-refractivity contribution in [1.82, 2.24) is 5.32 Å². The van der Waals surface area contributed by atoms with E-state index in [9.17, 15) is 14.4 Å². The summed E-state index contributed by atoms with van der Waals surface area (Å²) in [5, 5.41) is 2.99. The summed E-state index contributed by atoms with van der Waals surface area (Å²) in [6.07, 6.45) is 1.46. The van der Waals surface area contributed by atoms with Gasteiger partial charge in [-0.15, -0.1) is 0 Å². The molecule has 0 spiro atoms. The largest absolute Gasteiger partial charge is 0.496 e. The number of amides is 2. The molecule has 0 radical (unpaired) electrons. The number of methoxy groups -OCH3 is 1. The number of nitrogens with one attached hydrogen (secondary N) is 1. The highest BCUT2D eigenvalue weighted by atomic mass is 16.5. The van der Waals surface area contributed by atoms with Crippen molar-refractivity contribution in [1.29, 1.82) is 0 Å². The fourth-order valence-electron chi connectivity index (χ4n) is 2.74. The van der Waals surface area contributed by atoms with Crippen molar-refractivity contribution >= 4 is 28.8 Å². The molecule has 0 aliphatic heterocycles. The molecular formula is C21H19NO6. The molecule has 2 amide bonds. The lowest BCUT2D eigenvalue weighted by Crippen LogP contribution is -2.34. The van der Waals surface area contributed by atoms with Crippen molar-refractivity contribution < 1.29 is 28.3 Å². The molecule has 0 unspecified atom stereocenters. The molecule has 0 saturated heterocycles. The first-order valence-corrected chi connectivity index (χ1v) is 8.57. The predicted octanol–water partition coefficient (Wildman–Crippen LogP) is 2.79. The predicted molar refractivity (Wildman–Crippen MR) is 101 cm³/mol. The molecule has 0 aliphatic rings. The first-order valence-electron chi connectivity index (χ1n) is 8.57. The van der Waals surface area contributed by atoms with Crippen LogP contribution in [0.15, 0.2) is 53.1 Å². The first kappa shape index (κ1) is 19.2. The van der Waals surface area contributed by atoms with E-state index in [0.29, 0.717) is 16.9 Å². The molecule has 1 aromatic heterocycles. The second kappa shape index (κ2) is 8.39. The molecule has 0 aliphatic carbocycles. The van der Waals surface area contributed by atoms with Crippen LogP contribution in [0.2, 0.25) is 0 Å². The molecule has 144 valence electrons. The van der Waals surface area contributed by atoms with Gasteiger partial charge in [-0.25, -0.2) is 0 Å². The highest BCUT2D eigenvalue weighted by Crippen LogP contribution is 2.23. The van der Waals surface area contributed by atoms with Crippen LogP contribution in [0.4, 0.5) is 0 Å². The zero-order valence-electron chi connectivity index (χ0n) is 15.5. The Kier molecular flexibility index (Phi) is 5.74. The van der Waals surface area contributed by atoms with Gasteiger partial charge in [0.15, 0.2) is 6.61 Å². The van der Waals surface area contributed by atoms with Crippen LogP contribution in [0.25, 0.3) is 11.0 Å². The number of benzene rings is 2. The van der Waals surface area contributed by atoms with Gasteiger partial charge in [-0.2, -0.15) is 0 Å². The van der Waals surface area contributed by atoms with Crippen molar-refractivity contribution in [3.05, 3.63) is 65.4 Å². The van der Waals surface area contributed by atoms with Crippen LogP contribution < -0.4 is 10.1 Å². The van der Waals surface area contributed by atoms with E-state index in [0.717, 1.165) is 10.9 Å². The van der Waals surface area contributed by atoms with E-state index in [1.165, 1.54) is 19.4 Å². The lowest BCUT2D eigenvalue weighted by atomic mass is 10.1. The summed E-state index contributed by atoms with van der Waals surface area (Å²) in [7, 11) is 1.43. The summed E-state index contributed by atoms with van der Waals surface area (Å²) in [6, 6.07) is 12.2. The molecule has 0 fully saturated rings. The molecule has 7 nitrogen and oxygen atoms in total. The number of ether oxygens (including phenoxy) is 2. The normalized spacial score (nSPS) is 10.5. The van der Waals surface area contributed by atoms with E-state index in [1.54, 1.807) is 18.2 Å². The molecule has 0 bridgehead atoms. The molecule has 1 N–H and O–H groups in total. The summed E-state index contributed by atoms with van der Waals surface area (Å²) in [6.45, 7) is 1.38. The highest BCUT2D eigenvalue weighted by Gasteiger charge is 2.17. The lowest BCUT2D eigenvalue weighted by molar-refractivity contribution is -0.147. The van der Waals surface area contributed by atoms with Crippen LogP contribution in [0.5, 0.6) is 5.75 Å². The second-order valence-corrected chi connectivity index (χ2v) is 6.18. The number of rotatable bonds is 6. The van der Waals surface area contributed by atoms with E-state index < -0.39 is 24.4 Å². The number of hydrogen-bond donors (Lipinski definition) is 1. The van der Waals surface area contributed by atoms with Crippen LogP contribution >= 0.6 is 0 Å². The Bertz CT molecular complexity index is 1040. The van der Waals surface area contributed by atoms with E-state index >= 15 is 0 Å². The van der Waals surface area contributed by atoms with Gasteiger partial charge < -0.3 is 13.9 Å². The van der Waals surface area contributed by atoms with Gasteiger partial charge in [0, 0.05) is 10.9 Å². The summed E-state index contributed by atoms with van der Waals surface area (Å²) in [4.78, 5) is 36.1. The Morgan fingerprint density at radius 1 is 1.11 bits per heavy atom. The van der Waals surface area contributed by atoms with E-state index in [4.69, 9.17) is 13.9 Å². The summed E-state index contributed by atoms with van der Waals surface area (Å²) in [5.74, 6) is -1.61. The number of fused-ring (bicyclic) bond motifs is 1. The van der Waals surface area contributed by atoms with Crippen LogP contribution in [0.3, 0.4) is 0 Å². The molecule has 0 atom stereocenters. The van der Waals surface area contributed by atoms with E-state index in [1.807, 2.05) is 25.1 Å². The molecule has 1 heterocycles. The van der Waals surface area contributed by atoms with E-state index in [2.05, 4.69) is 5.32 Å². The number of hydrogen-bond acceptors (Lipinski definition) is 6. The van der Waals surface area contributed by atoms with Gasteiger partial charge in [-0.05, 0) is 30.7 Å². The van der Waals surface area contributed by atoms with Gasteiger partial charge in [0.1, 0.15) is 11.3 Å². The smallest absolute Gasteiger partial charge is 0.310 e. The number of para-hydroxylation sites is 1. The van der Waals surface area contributed by atoms with Crippen molar-refractivity contribution in [3.8, 4) is 5.75 Å². The summed E-state index contributed by atoms with van der Waals surface area (Å²) >= 11 is 0. The number of imide groups is 1. The topological polar surface area (TPSA) is 94.8 Å². The first-order chi connectivity index (χ1) is 13.5. The number of carbonyl (C=O) groups is 3. The fourth-order valence-corrected chi connectivity index (χ4v) is 2.74. The van der Waals surface area contributed by atoms with Crippen LogP contribution in [0.1, 0.15) is 21.5 Å². The van der Waals surface area contributed by atoms with E-state index in [-0.39, 0.29) is 12.0 Å². The van der Waals surface area contributed by atoms with Gasteiger partial charge in [0.05, 0.1) is 25.4 Å². The third-order valence-corrected chi connectivity index (χ3v) is 4.11. The zero-order valence-corrected chi connectivity index (χ0v) is 15.5. The van der Waals surface area contributed by atoms with Crippen molar-refractivity contribution in [2.75, 3.05) is 13.7 Å². The Morgan fingerprint density at radius 3 is 2.68 bits per heavy atom. The molecular weight excluding hydrogens is 362 g/mol. The van der Waals surface area contributed by atoms with Gasteiger partial charge in [-0.1, -0.05) is 24.3 Å². The molecule has 3 aromatic rings. The number of furan rings is 1. The Balaban J connectivity index is 1.54. The zero-order chi connectivity index (χ0) is 20.1. The standard InChI is InChI=1S/C21H19NO6/c1-13-7-8-15-14(11-27-18(15)9-13)10-20(24)28-12-19(23)22-21(25)16-5-3-4-6-17(16)26-2/h3-9,11H,10,12H2,1-2H3,(H,22,23,25).